The van der Waals surface area contributed by atoms with Crippen LogP contribution in [0.5, 0.6) is 0 Å². The van der Waals surface area contributed by atoms with E-state index < -0.39 is 17.6 Å². The third-order valence-electron chi connectivity index (χ3n) is 7.27. The van der Waals surface area contributed by atoms with Gasteiger partial charge in [0.05, 0.1) is 25.6 Å². The fourth-order valence-corrected chi connectivity index (χ4v) is 8.34. The summed E-state index contributed by atoms with van der Waals surface area (Å²) in [5.41, 5.74) is 6.95. The minimum absolute atomic E-state index is 0.242. The molecule has 232 valence electrons. The van der Waals surface area contributed by atoms with Crippen molar-refractivity contribution in [3.05, 3.63) is 12.7 Å². The molecule has 2 atom stereocenters. The number of imidazole rings is 1. The second kappa shape index (κ2) is 18.4. The lowest BCUT2D eigenvalue weighted by Gasteiger charge is -2.38. The van der Waals surface area contributed by atoms with Gasteiger partial charge in [-0.3, -0.25) is 4.57 Å². The van der Waals surface area contributed by atoms with Crippen LogP contribution in [0.25, 0.3) is 11.2 Å². The van der Waals surface area contributed by atoms with Gasteiger partial charge in [0.2, 0.25) is 0 Å². The van der Waals surface area contributed by atoms with E-state index in [9.17, 15) is 9.46 Å². The molecule has 2 aromatic rings. The van der Waals surface area contributed by atoms with Crippen molar-refractivity contribution in [2.24, 2.45) is 0 Å². The highest BCUT2D eigenvalue weighted by atomic mass is 32.3. The zero-order chi connectivity index (χ0) is 29.4. The highest BCUT2D eigenvalue weighted by molar-refractivity contribution is 8.38. The first-order chi connectivity index (χ1) is 19.8. The van der Waals surface area contributed by atoms with E-state index in [4.69, 9.17) is 15.0 Å². The molecule has 1 aliphatic rings. The van der Waals surface area contributed by atoms with Gasteiger partial charge in [0.25, 0.3) is 0 Å². The Balaban J connectivity index is 1.08. The molecule has 0 saturated carbocycles. The van der Waals surface area contributed by atoms with E-state index in [0.29, 0.717) is 29.3 Å². The van der Waals surface area contributed by atoms with Crippen molar-refractivity contribution >= 4 is 46.4 Å². The van der Waals surface area contributed by atoms with E-state index in [0.717, 1.165) is 12.2 Å². The first kappa shape index (κ1) is 34.2. The number of thioether (sulfide) groups is 1. The standard InChI is InChI=1S/C29H50N5O4PS2/c1-26(22-34-24-33-27-28(30)31-23-32-29(27)34)37-25-39(35,36)38-16-18-40-17-13-11-9-7-5-3-4-6-8-10-12-14-19-41(2)20-15-21-41/h23-24,26H,3-13,15-18,20-22,25H2,1-2H3,(H,35,36)(H2,30,31,32)/t26-/m1/s1. The number of rotatable bonds is 21. The molecule has 0 radical (unpaired) electrons. The van der Waals surface area contributed by atoms with Gasteiger partial charge in [-0.25, -0.2) is 15.0 Å². The van der Waals surface area contributed by atoms with Crippen molar-refractivity contribution in [2.45, 2.75) is 96.6 Å². The number of hydrogen-bond acceptors (Lipinski definition) is 8. The number of anilines is 1. The molecule has 3 heterocycles. The summed E-state index contributed by atoms with van der Waals surface area (Å²) in [6.45, 7) is 2.48. The van der Waals surface area contributed by atoms with Crippen molar-refractivity contribution in [1.82, 2.24) is 19.5 Å². The van der Waals surface area contributed by atoms with Crippen LogP contribution in [0.15, 0.2) is 12.7 Å². The van der Waals surface area contributed by atoms with E-state index in [1.54, 1.807) is 22.7 Å². The molecule has 3 N–H and O–H groups in total. The van der Waals surface area contributed by atoms with Gasteiger partial charge in [-0.05, 0) is 49.7 Å². The van der Waals surface area contributed by atoms with E-state index in [2.05, 4.69) is 32.4 Å². The van der Waals surface area contributed by atoms with E-state index in [1.165, 1.54) is 88.5 Å². The first-order valence-electron chi connectivity index (χ1n) is 15.1. The normalized spacial score (nSPS) is 17.3. The van der Waals surface area contributed by atoms with Crippen LogP contribution in [0.1, 0.15) is 84.0 Å². The minimum Gasteiger partial charge on any atom is -0.382 e. The smallest absolute Gasteiger partial charge is 0.353 e. The fourth-order valence-electron chi connectivity index (χ4n) is 4.70. The van der Waals surface area contributed by atoms with Crippen LogP contribution in [0, 0.1) is 11.2 Å². The topological polar surface area (TPSA) is 125 Å². The van der Waals surface area contributed by atoms with Gasteiger partial charge in [0.15, 0.2) is 11.5 Å². The summed E-state index contributed by atoms with van der Waals surface area (Å²) >= 11 is 1.77. The Morgan fingerprint density at radius 1 is 1.07 bits per heavy atom. The quantitative estimate of drug-likeness (QED) is 0.0873. The van der Waals surface area contributed by atoms with Crippen molar-refractivity contribution < 1.29 is 18.7 Å². The molecular weight excluding hydrogens is 577 g/mol. The Bertz CT molecular complexity index is 1150. The monoisotopic (exact) mass is 627 g/mol. The lowest BCUT2D eigenvalue weighted by Crippen LogP contribution is -2.17. The highest BCUT2D eigenvalue weighted by Crippen LogP contribution is 2.52. The van der Waals surface area contributed by atoms with Crippen molar-refractivity contribution in [2.75, 3.05) is 48.0 Å². The largest absolute Gasteiger partial charge is 0.382 e. The Kier molecular flexibility index (Phi) is 15.4. The molecule has 1 aliphatic heterocycles. The SMILES string of the molecule is C[C@H](Cn1cnc2c(N)ncnc21)OCP(=O)(O)OCCSCCCCCCCCCCCCC#CS1(C)CCC1. The van der Waals surface area contributed by atoms with Gasteiger partial charge in [0, 0.05) is 12.2 Å². The molecule has 0 aliphatic carbocycles. The molecule has 12 heteroatoms. The van der Waals surface area contributed by atoms with Crippen molar-refractivity contribution in [1.29, 1.82) is 0 Å². The molecule has 1 fully saturated rings. The zero-order valence-corrected chi connectivity index (χ0v) is 27.5. The van der Waals surface area contributed by atoms with Crippen LogP contribution >= 0.6 is 29.4 Å². The third kappa shape index (κ3) is 13.3. The number of nitrogen functional groups attached to an aromatic ring is 1. The number of nitrogens with two attached hydrogens (primary N) is 1. The average molecular weight is 628 g/mol. The van der Waals surface area contributed by atoms with Crippen LogP contribution in [0.3, 0.4) is 0 Å². The maximum atomic E-state index is 12.3. The summed E-state index contributed by atoms with van der Waals surface area (Å²) in [6, 6.07) is 0. The Morgan fingerprint density at radius 2 is 1.76 bits per heavy atom. The fraction of sp³-hybridized carbons (Fsp3) is 0.759. The van der Waals surface area contributed by atoms with Crippen LogP contribution in [0.4, 0.5) is 5.82 Å². The van der Waals surface area contributed by atoms with Gasteiger partial charge in [-0.1, -0.05) is 62.5 Å². The molecule has 9 nitrogen and oxygen atoms in total. The predicted octanol–water partition coefficient (Wildman–Crippen LogP) is 6.80. The molecular formula is C29H50N5O4PS2. The second-order valence-electron chi connectivity index (χ2n) is 11.1. The Labute approximate surface area is 252 Å². The summed E-state index contributed by atoms with van der Waals surface area (Å²) < 4.78 is 24.9. The molecule has 41 heavy (non-hydrogen) atoms. The van der Waals surface area contributed by atoms with E-state index in [1.807, 2.05) is 6.92 Å². The highest BCUT2D eigenvalue weighted by Gasteiger charge is 2.23. The van der Waals surface area contributed by atoms with Gasteiger partial charge < -0.3 is 24.5 Å². The summed E-state index contributed by atoms with van der Waals surface area (Å²) in [7, 11) is -4.28. The van der Waals surface area contributed by atoms with Gasteiger partial charge in [-0.15, -0.1) is 0 Å². The van der Waals surface area contributed by atoms with Gasteiger partial charge in [-0.2, -0.15) is 21.8 Å². The molecule has 3 rings (SSSR count). The number of hydrogen-bond donors (Lipinski definition) is 2. The van der Waals surface area contributed by atoms with E-state index >= 15 is 0 Å². The number of fused-ring (bicyclic) bond motifs is 1. The first-order valence-corrected chi connectivity index (χ1v) is 20.4. The predicted molar refractivity (Wildman–Crippen MR) is 175 cm³/mol. The summed E-state index contributed by atoms with van der Waals surface area (Å²) in [6.07, 6.45) is 20.3. The lowest BCUT2D eigenvalue weighted by atomic mass is 10.1. The van der Waals surface area contributed by atoms with Crippen LogP contribution in [-0.2, 0) is 20.4 Å². The Hall–Kier alpha value is -1.28. The molecule has 2 aromatic heterocycles. The van der Waals surface area contributed by atoms with Crippen LogP contribution < -0.4 is 5.73 Å². The minimum atomic E-state index is -3.80. The second-order valence-corrected chi connectivity index (χ2v) is 17.7. The third-order valence-corrected chi connectivity index (χ3v) is 12.4. The summed E-state index contributed by atoms with van der Waals surface area (Å²) in [5, 5.41) is 3.56. The van der Waals surface area contributed by atoms with Crippen LogP contribution in [0.2, 0.25) is 0 Å². The Morgan fingerprint density at radius 3 is 2.44 bits per heavy atom. The molecule has 0 bridgehead atoms. The molecule has 1 unspecified atom stereocenters. The molecule has 0 aromatic carbocycles. The number of nitrogens with zero attached hydrogens (tertiary/aromatic N) is 4. The average Bonchev–Trinajstić information content (AvgIpc) is 3.34. The number of ether oxygens (including phenoxy) is 1. The van der Waals surface area contributed by atoms with Crippen LogP contribution in [-0.4, -0.2) is 72.7 Å². The van der Waals surface area contributed by atoms with Crippen molar-refractivity contribution in [3.63, 3.8) is 0 Å². The maximum absolute atomic E-state index is 12.3. The number of aromatic nitrogens is 4. The van der Waals surface area contributed by atoms with E-state index in [-0.39, 0.29) is 19.1 Å². The maximum Gasteiger partial charge on any atom is 0.353 e. The zero-order valence-electron chi connectivity index (χ0n) is 25.0. The van der Waals surface area contributed by atoms with Crippen molar-refractivity contribution in [3.8, 4) is 11.2 Å². The lowest BCUT2D eigenvalue weighted by molar-refractivity contribution is 0.0724. The van der Waals surface area contributed by atoms with Gasteiger partial charge in [0.1, 0.15) is 18.2 Å². The molecule has 1 saturated heterocycles. The molecule has 0 amide bonds. The molecule has 0 spiro atoms. The number of unbranched alkanes of at least 4 members (excludes halogenated alkanes) is 10. The van der Waals surface area contributed by atoms with Gasteiger partial charge >= 0.3 is 7.60 Å². The summed E-state index contributed by atoms with van der Waals surface area (Å²) in [4.78, 5) is 22.4. The summed E-state index contributed by atoms with van der Waals surface area (Å²) in [5.74, 6) is 8.27.